The third-order valence-electron chi connectivity index (χ3n) is 1.75. The molecule has 0 fully saturated rings. The lowest BCUT2D eigenvalue weighted by atomic mass is 10.3. The summed E-state index contributed by atoms with van der Waals surface area (Å²) in [6.45, 7) is -0.516. The van der Waals surface area contributed by atoms with E-state index in [2.05, 4.69) is 31.9 Å². The van der Waals surface area contributed by atoms with Crippen molar-refractivity contribution in [2.45, 2.75) is 12.3 Å². The Labute approximate surface area is 104 Å². The standard InChI is InChI=1S/C7H3Br2F3O2S/c8-5-3-4(6(9)15-5)14-2(1-13-3)7(10,11)12/h2H,1H2. The van der Waals surface area contributed by atoms with Crippen LogP contribution in [0.3, 0.4) is 0 Å². The maximum Gasteiger partial charge on any atom is 0.428 e. The van der Waals surface area contributed by atoms with Gasteiger partial charge in [0.15, 0.2) is 11.5 Å². The smallest absolute Gasteiger partial charge is 0.428 e. The number of fused-ring (bicyclic) bond motifs is 1. The number of ether oxygens (including phenoxy) is 2. The highest BCUT2D eigenvalue weighted by molar-refractivity contribution is 9.12. The van der Waals surface area contributed by atoms with Crippen molar-refractivity contribution in [1.29, 1.82) is 0 Å². The van der Waals surface area contributed by atoms with E-state index in [-0.39, 0.29) is 5.75 Å². The van der Waals surface area contributed by atoms with Crippen molar-refractivity contribution in [3.63, 3.8) is 0 Å². The van der Waals surface area contributed by atoms with Gasteiger partial charge in [0.1, 0.15) is 14.2 Å². The van der Waals surface area contributed by atoms with Gasteiger partial charge in [-0.3, -0.25) is 0 Å². The molecule has 0 aliphatic carbocycles. The molecule has 2 nitrogen and oxygen atoms in total. The molecular formula is C7H3Br2F3O2S. The summed E-state index contributed by atoms with van der Waals surface area (Å²) in [4.78, 5) is 0. The van der Waals surface area contributed by atoms with Gasteiger partial charge in [0, 0.05) is 0 Å². The van der Waals surface area contributed by atoms with Crippen molar-refractivity contribution >= 4 is 43.2 Å². The average molecular weight is 368 g/mol. The molecule has 0 saturated carbocycles. The molecule has 0 saturated heterocycles. The van der Waals surface area contributed by atoms with Crippen LogP contribution in [-0.2, 0) is 0 Å². The minimum Gasteiger partial charge on any atom is -0.483 e. The Bertz CT molecular complexity index is 390. The largest absolute Gasteiger partial charge is 0.483 e. The molecular weight excluding hydrogens is 365 g/mol. The zero-order chi connectivity index (χ0) is 11.2. The highest BCUT2D eigenvalue weighted by Gasteiger charge is 2.46. The molecule has 0 aromatic carbocycles. The third-order valence-corrected chi connectivity index (χ3v) is 4.17. The Kier molecular flexibility index (Phi) is 2.93. The molecule has 0 amide bonds. The Balaban J connectivity index is 2.31. The van der Waals surface area contributed by atoms with E-state index in [0.717, 1.165) is 0 Å². The summed E-state index contributed by atoms with van der Waals surface area (Å²) in [5, 5.41) is 0. The quantitative estimate of drug-likeness (QED) is 0.690. The van der Waals surface area contributed by atoms with E-state index in [1.165, 1.54) is 11.3 Å². The van der Waals surface area contributed by atoms with Gasteiger partial charge in [-0.2, -0.15) is 13.2 Å². The number of halogens is 5. The first-order chi connectivity index (χ1) is 6.89. The summed E-state index contributed by atoms with van der Waals surface area (Å²) in [6.07, 6.45) is -6.31. The van der Waals surface area contributed by atoms with E-state index in [1.807, 2.05) is 0 Å². The van der Waals surface area contributed by atoms with E-state index in [1.54, 1.807) is 0 Å². The average Bonchev–Trinajstić information content (AvgIpc) is 2.41. The fraction of sp³-hybridized carbons (Fsp3) is 0.429. The topological polar surface area (TPSA) is 18.5 Å². The Morgan fingerprint density at radius 3 is 2.40 bits per heavy atom. The number of rotatable bonds is 0. The summed E-state index contributed by atoms with van der Waals surface area (Å²) in [6, 6.07) is 0. The maximum absolute atomic E-state index is 12.3. The molecule has 1 aromatic rings. The van der Waals surface area contributed by atoms with Crippen LogP contribution in [0, 0.1) is 0 Å². The maximum atomic E-state index is 12.3. The zero-order valence-electron chi connectivity index (χ0n) is 6.90. The number of thiophene rings is 1. The molecule has 1 aliphatic rings. The lowest BCUT2D eigenvalue weighted by Crippen LogP contribution is -2.41. The second-order valence-electron chi connectivity index (χ2n) is 2.77. The minimum absolute atomic E-state index is 0.112. The molecule has 1 atom stereocenters. The Morgan fingerprint density at radius 1 is 1.20 bits per heavy atom. The van der Waals surface area contributed by atoms with Gasteiger partial charge in [-0.1, -0.05) is 0 Å². The van der Waals surface area contributed by atoms with Gasteiger partial charge in [-0.25, -0.2) is 0 Å². The first kappa shape index (κ1) is 11.5. The van der Waals surface area contributed by atoms with Crippen LogP contribution < -0.4 is 9.47 Å². The SMILES string of the molecule is FC(F)(F)C1COc2c(Br)sc(Br)c2O1. The first-order valence-electron chi connectivity index (χ1n) is 3.73. The first-order valence-corrected chi connectivity index (χ1v) is 6.14. The molecule has 84 valence electrons. The van der Waals surface area contributed by atoms with Crippen molar-refractivity contribution in [2.75, 3.05) is 6.61 Å². The number of hydrogen-bond acceptors (Lipinski definition) is 3. The van der Waals surface area contributed by atoms with Gasteiger partial charge in [0.05, 0.1) is 0 Å². The molecule has 0 N–H and O–H groups in total. The van der Waals surface area contributed by atoms with Crippen LogP contribution >= 0.6 is 43.2 Å². The van der Waals surface area contributed by atoms with E-state index < -0.39 is 18.9 Å². The minimum atomic E-state index is -4.41. The summed E-state index contributed by atoms with van der Waals surface area (Å²) in [5.41, 5.74) is 0. The molecule has 8 heteroatoms. The Hall–Kier alpha value is 0.0500. The van der Waals surface area contributed by atoms with E-state index in [4.69, 9.17) is 9.47 Å². The molecule has 1 unspecified atom stereocenters. The normalized spacial score (nSPS) is 20.5. The number of alkyl halides is 3. The van der Waals surface area contributed by atoms with E-state index in [0.29, 0.717) is 13.3 Å². The molecule has 0 radical (unpaired) electrons. The molecule has 1 aliphatic heterocycles. The van der Waals surface area contributed by atoms with Crippen LogP contribution in [0.25, 0.3) is 0 Å². The third kappa shape index (κ3) is 2.12. The van der Waals surface area contributed by atoms with E-state index in [9.17, 15) is 13.2 Å². The summed E-state index contributed by atoms with van der Waals surface area (Å²) in [5.74, 6) is 0.438. The fourth-order valence-corrected chi connectivity index (χ4v) is 3.89. The van der Waals surface area contributed by atoms with Gasteiger partial charge < -0.3 is 9.47 Å². The van der Waals surface area contributed by atoms with Gasteiger partial charge in [-0.15, -0.1) is 11.3 Å². The van der Waals surface area contributed by atoms with Crippen LogP contribution in [0.5, 0.6) is 11.5 Å². The van der Waals surface area contributed by atoms with Gasteiger partial charge in [0.2, 0.25) is 6.10 Å². The Morgan fingerprint density at radius 2 is 1.80 bits per heavy atom. The van der Waals surface area contributed by atoms with Crippen LogP contribution in [0.15, 0.2) is 7.57 Å². The summed E-state index contributed by atoms with van der Waals surface area (Å²) >= 11 is 7.50. The van der Waals surface area contributed by atoms with Gasteiger partial charge in [0.25, 0.3) is 0 Å². The van der Waals surface area contributed by atoms with Crippen molar-refractivity contribution in [2.24, 2.45) is 0 Å². The monoisotopic (exact) mass is 366 g/mol. The molecule has 2 rings (SSSR count). The molecule has 15 heavy (non-hydrogen) atoms. The fourth-order valence-electron chi connectivity index (χ4n) is 1.07. The molecule has 0 spiro atoms. The molecule has 2 heterocycles. The predicted octanol–water partition coefficient (Wildman–Crippen LogP) is 3.98. The lowest BCUT2D eigenvalue weighted by Gasteiger charge is -2.26. The van der Waals surface area contributed by atoms with Crippen LogP contribution in [0.1, 0.15) is 0 Å². The lowest BCUT2D eigenvalue weighted by molar-refractivity contribution is -0.207. The highest BCUT2D eigenvalue weighted by Crippen LogP contribution is 2.51. The second-order valence-corrected chi connectivity index (χ2v) is 6.42. The summed E-state index contributed by atoms with van der Waals surface area (Å²) in [7, 11) is 0. The zero-order valence-corrected chi connectivity index (χ0v) is 10.9. The van der Waals surface area contributed by atoms with Crippen LogP contribution in [0.2, 0.25) is 0 Å². The van der Waals surface area contributed by atoms with Crippen molar-refractivity contribution in [3.05, 3.63) is 7.57 Å². The number of hydrogen-bond donors (Lipinski definition) is 0. The van der Waals surface area contributed by atoms with Crippen LogP contribution in [-0.4, -0.2) is 18.9 Å². The second kappa shape index (κ2) is 3.81. The molecule has 0 bridgehead atoms. The van der Waals surface area contributed by atoms with Crippen molar-refractivity contribution in [3.8, 4) is 11.5 Å². The molecule has 1 aromatic heterocycles. The van der Waals surface area contributed by atoms with E-state index >= 15 is 0 Å². The highest BCUT2D eigenvalue weighted by atomic mass is 79.9. The summed E-state index contributed by atoms with van der Waals surface area (Å²) < 4.78 is 48.0. The van der Waals surface area contributed by atoms with Gasteiger partial charge in [-0.05, 0) is 31.9 Å². The van der Waals surface area contributed by atoms with Crippen molar-refractivity contribution < 1.29 is 22.6 Å². The van der Waals surface area contributed by atoms with Crippen LogP contribution in [0.4, 0.5) is 13.2 Å². The van der Waals surface area contributed by atoms with Crippen molar-refractivity contribution in [1.82, 2.24) is 0 Å². The predicted molar refractivity (Wildman–Crippen MR) is 55.7 cm³/mol. The van der Waals surface area contributed by atoms with Gasteiger partial charge >= 0.3 is 6.18 Å².